The first-order chi connectivity index (χ1) is 6.33. The number of hydrogen-bond donors (Lipinski definition) is 1. The lowest BCUT2D eigenvalue weighted by Gasteiger charge is -2.33. The highest BCUT2D eigenvalue weighted by atomic mass is 35.5. The highest BCUT2D eigenvalue weighted by Crippen LogP contribution is 2.12. The minimum atomic E-state index is 0. The van der Waals surface area contributed by atoms with E-state index >= 15 is 0 Å². The van der Waals surface area contributed by atoms with Gasteiger partial charge in [0.25, 0.3) is 0 Å². The zero-order chi connectivity index (χ0) is 11.2. The molecule has 0 aromatic rings. The van der Waals surface area contributed by atoms with E-state index in [1.54, 1.807) is 7.11 Å². The van der Waals surface area contributed by atoms with Crippen molar-refractivity contribution in [2.24, 2.45) is 0 Å². The van der Waals surface area contributed by atoms with Gasteiger partial charge < -0.3 is 21.6 Å². The number of likely N-dealkylation sites (N-methyl/N-ethyl adjacent to an activating group) is 1. The average Bonchev–Trinajstić information content (AvgIpc) is 2.12. The van der Waals surface area contributed by atoms with Crippen LogP contribution in [0.5, 0.6) is 0 Å². The molecule has 0 aliphatic rings. The van der Waals surface area contributed by atoms with Gasteiger partial charge in [0.1, 0.15) is 6.54 Å². The monoisotopic (exact) mass is 258 g/mol. The van der Waals surface area contributed by atoms with E-state index in [2.05, 4.69) is 32.8 Å². The molecule has 0 aromatic carbocycles. The van der Waals surface area contributed by atoms with Crippen molar-refractivity contribution >= 4 is 11.8 Å². The summed E-state index contributed by atoms with van der Waals surface area (Å²) in [5.74, 6) is 0. The lowest BCUT2D eigenvalue weighted by atomic mass is 10.0. The molecule has 0 atom stereocenters. The second-order valence-corrected chi connectivity index (χ2v) is 5.29. The summed E-state index contributed by atoms with van der Waals surface area (Å²) >= 11 is 5.64. The van der Waals surface area contributed by atoms with Crippen LogP contribution in [0, 0.1) is 0 Å². The summed E-state index contributed by atoms with van der Waals surface area (Å²) in [5.41, 5.74) is 0.00411. The minimum Gasteiger partial charge on any atom is -1.00 e. The molecule has 3 nitrogen and oxygen atoms in total. The maximum atomic E-state index is 5.64. The van der Waals surface area contributed by atoms with Crippen LogP contribution in [-0.4, -0.2) is 50.9 Å². The number of nitrogens with zero attached hydrogens (tertiary/aromatic N) is 1. The van der Waals surface area contributed by atoms with Gasteiger partial charge in [-0.05, 0) is 25.6 Å². The van der Waals surface area contributed by atoms with Crippen molar-refractivity contribution in [3.8, 4) is 0 Å². The molecule has 0 amide bonds. The van der Waals surface area contributed by atoms with E-state index in [1.165, 1.54) is 0 Å². The fraction of sp³-hybridized carbons (Fsp3) is 1.00. The van der Waals surface area contributed by atoms with Gasteiger partial charge in [0.15, 0.2) is 0 Å². The average molecular weight is 259 g/mol. The highest BCUT2D eigenvalue weighted by molar-refractivity contribution is 6.13. The Balaban J connectivity index is 0. The molecule has 94 valence electrons. The number of methoxy groups -OCH3 is 1. The summed E-state index contributed by atoms with van der Waals surface area (Å²) in [5, 5.41) is 0. The van der Waals surface area contributed by atoms with E-state index < -0.39 is 0 Å². The van der Waals surface area contributed by atoms with Gasteiger partial charge in [-0.1, -0.05) is 0 Å². The molecular weight excluding hydrogens is 235 g/mol. The smallest absolute Gasteiger partial charge is 0.102 e. The Kier molecular flexibility index (Phi) is 9.14. The first-order valence-electron chi connectivity index (χ1n) is 5.02. The molecule has 0 fully saturated rings. The second kappa shape index (κ2) is 7.69. The fourth-order valence-electron chi connectivity index (χ4n) is 1.08. The van der Waals surface area contributed by atoms with Gasteiger partial charge in [-0.15, -0.1) is 0 Å². The first-order valence-corrected chi connectivity index (χ1v) is 5.39. The van der Waals surface area contributed by atoms with Gasteiger partial charge >= 0.3 is 0 Å². The SMILES string of the molecule is COCC[N+](C)(C)CCC(C)(C)NCl.[Cl-]. The highest BCUT2D eigenvalue weighted by Gasteiger charge is 2.22. The van der Waals surface area contributed by atoms with Crippen molar-refractivity contribution in [3.63, 3.8) is 0 Å². The van der Waals surface area contributed by atoms with Gasteiger partial charge in [0, 0.05) is 19.1 Å². The molecule has 0 radical (unpaired) electrons. The number of nitrogens with one attached hydrogen (secondary N) is 1. The lowest BCUT2D eigenvalue weighted by Crippen LogP contribution is -3.00. The Morgan fingerprint density at radius 3 is 2.20 bits per heavy atom. The zero-order valence-electron chi connectivity index (χ0n) is 10.4. The zero-order valence-corrected chi connectivity index (χ0v) is 12.0. The van der Waals surface area contributed by atoms with Gasteiger partial charge in [0.2, 0.25) is 0 Å². The van der Waals surface area contributed by atoms with Crippen molar-refractivity contribution in [2.45, 2.75) is 25.8 Å². The van der Waals surface area contributed by atoms with Crippen LogP contribution in [0.1, 0.15) is 20.3 Å². The number of ether oxygens (including phenoxy) is 1. The van der Waals surface area contributed by atoms with E-state index in [-0.39, 0.29) is 17.9 Å². The van der Waals surface area contributed by atoms with E-state index in [4.69, 9.17) is 16.5 Å². The molecule has 0 saturated heterocycles. The number of rotatable bonds is 7. The molecule has 1 N–H and O–H groups in total. The predicted molar refractivity (Wildman–Crippen MR) is 61.4 cm³/mol. The lowest BCUT2D eigenvalue weighted by molar-refractivity contribution is -0.891. The van der Waals surface area contributed by atoms with Gasteiger partial charge in [-0.2, -0.15) is 0 Å². The topological polar surface area (TPSA) is 21.3 Å². The summed E-state index contributed by atoms with van der Waals surface area (Å²) in [6.07, 6.45) is 1.05. The van der Waals surface area contributed by atoms with Crippen molar-refractivity contribution in [1.29, 1.82) is 0 Å². The van der Waals surface area contributed by atoms with Crippen molar-refractivity contribution in [3.05, 3.63) is 0 Å². The van der Waals surface area contributed by atoms with Gasteiger partial charge in [-0.25, -0.2) is 4.84 Å². The molecule has 0 unspecified atom stereocenters. The van der Waals surface area contributed by atoms with E-state index in [0.29, 0.717) is 0 Å². The molecule has 5 heteroatoms. The third kappa shape index (κ3) is 9.39. The molecule has 0 heterocycles. The Morgan fingerprint density at radius 2 is 1.80 bits per heavy atom. The predicted octanol–water partition coefficient (Wildman–Crippen LogP) is -1.37. The third-order valence-electron chi connectivity index (χ3n) is 2.50. The van der Waals surface area contributed by atoms with Crippen LogP contribution in [0.2, 0.25) is 0 Å². The van der Waals surface area contributed by atoms with Crippen LogP contribution in [0.25, 0.3) is 0 Å². The molecule has 0 bridgehead atoms. The van der Waals surface area contributed by atoms with Crippen LogP contribution in [0.15, 0.2) is 0 Å². The van der Waals surface area contributed by atoms with Crippen LogP contribution in [0.3, 0.4) is 0 Å². The van der Waals surface area contributed by atoms with Crippen molar-refractivity contribution in [1.82, 2.24) is 4.84 Å². The maximum absolute atomic E-state index is 5.64. The quantitative estimate of drug-likeness (QED) is 0.450. The second-order valence-electron chi connectivity index (χ2n) is 5.10. The summed E-state index contributed by atoms with van der Waals surface area (Å²) in [4.78, 5) is 2.80. The van der Waals surface area contributed by atoms with Crippen LogP contribution < -0.4 is 17.2 Å². The van der Waals surface area contributed by atoms with Crippen LogP contribution in [0.4, 0.5) is 0 Å². The molecule has 0 saturated carbocycles. The standard InChI is InChI=1S/C10H24ClN2O.ClH/c1-10(2,12-11)6-7-13(3,4)8-9-14-5;/h12H,6-9H2,1-5H3;1H/q+1;/p-1. The summed E-state index contributed by atoms with van der Waals surface area (Å²) in [6.45, 7) is 7.15. The Hall–Kier alpha value is 0.460. The Morgan fingerprint density at radius 1 is 1.27 bits per heavy atom. The first kappa shape index (κ1) is 17.8. The molecular formula is C10H24Cl2N2O. The van der Waals surface area contributed by atoms with Crippen molar-refractivity contribution < 1.29 is 21.6 Å². The summed E-state index contributed by atoms with van der Waals surface area (Å²) < 4.78 is 6.05. The summed E-state index contributed by atoms with van der Waals surface area (Å²) in [6, 6.07) is 0. The molecule has 0 aliphatic heterocycles. The molecule has 0 rings (SSSR count). The number of hydrogen-bond acceptors (Lipinski definition) is 2. The molecule has 0 aliphatic carbocycles. The van der Waals surface area contributed by atoms with E-state index in [9.17, 15) is 0 Å². The molecule has 0 spiro atoms. The Bertz CT molecular complexity index is 164. The minimum absolute atomic E-state index is 0. The van der Waals surface area contributed by atoms with Gasteiger partial charge in [-0.3, -0.25) is 0 Å². The van der Waals surface area contributed by atoms with E-state index in [1.807, 2.05) is 0 Å². The van der Waals surface area contributed by atoms with E-state index in [0.717, 1.165) is 30.6 Å². The van der Waals surface area contributed by atoms with Crippen LogP contribution in [-0.2, 0) is 4.74 Å². The number of quaternary nitrogens is 1. The Labute approximate surface area is 105 Å². The van der Waals surface area contributed by atoms with Crippen molar-refractivity contribution in [2.75, 3.05) is 40.9 Å². The third-order valence-corrected chi connectivity index (χ3v) is 3.01. The maximum Gasteiger partial charge on any atom is 0.102 e. The normalized spacial score (nSPS) is 12.4. The summed E-state index contributed by atoms with van der Waals surface area (Å²) in [7, 11) is 6.16. The largest absolute Gasteiger partial charge is 1.00 e. The molecule has 15 heavy (non-hydrogen) atoms. The fourth-order valence-corrected chi connectivity index (χ4v) is 1.17. The molecule has 0 aromatic heterocycles. The number of halogens is 2. The van der Waals surface area contributed by atoms with Crippen LogP contribution >= 0.6 is 11.8 Å². The van der Waals surface area contributed by atoms with Gasteiger partial charge in [0.05, 0.1) is 27.2 Å².